The van der Waals surface area contributed by atoms with E-state index >= 15 is 0 Å². The van der Waals surface area contributed by atoms with Crippen molar-refractivity contribution in [1.29, 1.82) is 0 Å². The topological polar surface area (TPSA) is 50.9 Å². The van der Waals surface area contributed by atoms with Gasteiger partial charge in [-0.2, -0.15) is 0 Å². The van der Waals surface area contributed by atoms with Gasteiger partial charge < -0.3 is 11.1 Å². The highest BCUT2D eigenvalue weighted by Gasteiger charge is 2.02. The minimum absolute atomic E-state index is 0.515. The summed E-state index contributed by atoms with van der Waals surface area (Å²) in [5.41, 5.74) is 9.10. The van der Waals surface area contributed by atoms with E-state index in [-0.39, 0.29) is 0 Å². The Morgan fingerprint density at radius 1 is 1.11 bits per heavy atom. The van der Waals surface area contributed by atoms with Crippen LogP contribution in [0.3, 0.4) is 0 Å². The molecule has 0 amide bonds. The minimum Gasteiger partial charge on any atom is -0.369 e. The Balaban J connectivity index is 1.96. The van der Waals surface area contributed by atoms with E-state index in [1.165, 1.54) is 5.56 Å². The highest BCUT2D eigenvalue weighted by molar-refractivity contribution is 5.45. The van der Waals surface area contributed by atoms with Crippen LogP contribution in [0.15, 0.2) is 42.5 Å². The monoisotopic (exact) mass is 241 g/mol. The van der Waals surface area contributed by atoms with Crippen LogP contribution in [0.2, 0.25) is 0 Å². The van der Waals surface area contributed by atoms with Gasteiger partial charge in [0, 0.05) is 24.3 Å². The Morgan fingerprint density at radius 2 is 1.89 bits per heavy atom. The number of aryl methyl sites for hydroxylation is 1. The molecule has 2 aromatic rings. The van der Waals surface area contributed by atoms with Crippen LogP contribution < -0.4 is 11.1 Å². The Bertz CT molecular complexity index is 494. The Morgan fingerprint density at radius 3 is 2.61 bits per heavy atom. The number of hydrogen-bond donors (Lipinski definition) is 2. The molecule has 0 aliphatic carbocycles. The van der Waals surface area contributed by atoms with Crippen LogP contribution in [0, 0.1) is 6.92 Å². The third-order valence-electron chi connectivity index (χ3n) is 2.89. The Kier molecular flexibility index (Phi) is 4.31. The number of anilines is 1. The minimum atomic E-state index is 0.515. The van der Waals surface area contributed by atoms with Gasteiger partial charge in [-0.1, -0.05) is 36.4 Å². The lowest BCUT2D eigenvalue weighted by Gasteiger charge is -2.10. The largest absolute Gasteiger partial charge is 0.369 e. The molecule has 3 nitrogen and oxygen atoms in total. The van der Waals surface area contributed by atoms with E-state index in [2.05, 4.69) is 34.6 Å². The molecule has 0 aliphatic rings. The average Bonchev–Trinajstić information content (AvgIpc) is 2.40. The number of hydrogen-bond acceptors (Lipinski definition) is 3. The second-order valence-electron chi connectivity index (χ2n) is 4.33. The van der Waals surface area contributed by atoms with Gasteiger partial charge in [0.15, 0.2) is 0 Å². The highest BCUT2D eigenvalue weighted by Crippen LogP contribution is 2.12. The molecule has 1 heterocycles. The molecule has 1 aromatic carbocycles. The summed E-state index contributed by atoms with van der Waals surface area (Å²) in [6.07, 6.45) is 0.987. The van der Waals surface area contributed by atoms with Crippen LogP contribution in [0.4, 0.5) is 5.82 Å². The van der Waals surface area contributed by atoms with Crippen LogP contribution in [-0.2, 0) is 13.0 Å². The van der Waals surface area contributed by atoms with Crippen molar-refractivity contribution in [3.8, 4) is 0 Å². The van der Waals surface area contributed by atoms with Crippen molar-refractivity contribution in [2.24, 2.45) is 5.73 Å². The molecule has 2 rings (SSSR count). The fraction of sp³-hybridized carbons (Fsp3) is 0.267. The van der Waals surface area contributed by atoms with E-state index < -0.39 is 0 Å². The second-order valence-corrected chi connectivity index (χ2v) is 4.33. The maximum atomic E-state index is 5.70. The molecule has 1 aromatic heterocycles. The average molecular weight is 241 g/mol. The van der Waals surface area contributed by atoms with Crippen molar-refractivity contribution in [3.63, 3.8) is 0 Å². The highest BCUT2D eigenvalue weighted by atomic mass is 15.0. The van der Waals surface area contributed by atoms with E-state index in [1.807, 2.05) is 25.1 Å². The zero-order valence-electron chi connectivity index (χ0n) is 10.7. The van der Waals surface area contributed by atoms with E-state index in [4.69, 9.17) is 5.73 Å². The van der Waals surface area contributed by atoms with Gasteiger partial charge >= 0.3 is 0 Å². The van der Waals surface area contributed by atoms with Crippen molar-refractivity contribution < 1.29 is 0 Å². The van der Waals surface area contributed by atoms with Gasteiger partial charge in [-0.25, -0.2) is 4.98 Å². The normalized spacial score (nSPS) is 10.3. The predicted molar refractivity (Wildman–Crippen MR) is 75.5 cm³/mol. The molecular formula is C15H19N3. The molecular weight excluding hydrogens is 222 g/mol. The molecule has 0 unspecified atom stereocenters. The van der Waals surface area contributed by atoms with Crippen molar-refractivity contribution in [2.45, 2.75) is 19.9 Å². The molecule has 0 saturated carbocycles. The molecule has 3 N–H and O–H groups in total. The number of benzene rings is 1. The van der Waals surface area contributed by atoms with Crippen LogP contribution in [0.25, 0.3) is 0 Å². The third-order valence-corrected chi connectivity index (χ3v) is 2.89. The SMILES string of the molecule is Cc1ccc(CN)c(NCCc2ccccc2)n1. The van der Waals surface area contributed by atoms with Crippen LogP contribution in [0.1, 0.15) is 16.8 Å². The smallest absolute Gasteiger partial charge is 0.130 e. The zero-order chi connectivity index (χ0) is 12.8. The molecule has 0 radical (unpaired) electrons. The molecule has 0 aliphatic heterocycles. The summed E-state index contributed by atoms with van der Waals surface area (Å²) in [4.78, 5) is 4.48. The van der Waals surface area contributed by atoms with E-state index in [0.29, 0.717) is 6.54 Å². The second kappa shape index (κ2) is 6.17. The quantitative estimate of drug-likeness (QED) is 0.845. The Hall–Kier alpha value is -1.87. The summed E-state index contributed by atoms with van der Waals surface area (Å²) in [6, 6.07) is 14.4. The molecule has 0 bridgehead atoms. The lowest BCUT2D eigenvalue weighted by molar-refractivity contribution is 0.972. The third kappa shape index (κ3) is 3.31. The fourth-order valence-electron chi connectivity index (χ4n) is 1.87. The maximum Gasteiger partial charge on any atom is 0.130 e. The van der Waals surface area contributed by atoms with Gasteiger partial charge in [-0.05, 0) is 25.0 Å². The lowest BCUT2D eigenvalue weighted by Crippen LogP contribution is -2.11. The van der Waals surface area contributed by atoms with Crippen LogP contribution in [-0.4, -0.2) is 11.5 Å². The van der Waals surface area contributed by atoms with Gasteiger partial charge in [0.05, 0.1) is 0 Å². The Labute approximate surface area is 108 Å². The molecule has 0 saturated heterocycles. The van der Waals surface area contributed by atoms with Gasteiger partial charge in [0.25, 0.3) is 0 Å². The predicted octanol–water partition coefficient (Wildman–Crippen LogP) is 2.50. The van der Waals surface area contributed by atoms with Gasteiger partial charge in [0.2, 0.25) is 0 Å². The maximum absolute atomic E-state index is 5.70. The first-order chi connectivity index (χ1) is 8.79. The van der Waals surface area contributed by atoms with Gasteiger partial charge in [-0.3, -0.25) is 0 Å². The van der Waals surface area contributed by atoms with Crippen LogP contribution in [0.5, 0.6) is 0 Å². The van der Waals surface area contributed by atoms with Crippen molar-refractivity contribution >= 4 is 5.82 Å². The number of rotatable bonds is 5. The number of nitrogens with zero attached hydrogens (tertiary/aromatic N) is 1. The summed E-state index contributed by atoms with van der Waals surface area (Å²) in [7, 11) is 0. The van der Waals surface area contributed by atoms with Gasteiger partial charge in [0.1, 0.15) is 5.82 Å². The summed E-state index contributed by atoms with van der Waals surface area (Å²) < 4.78 is 0. The number of pyridine rings is 1. The summed E-state index contributed by atoms with van der Waals surface area (Å²) >= 11 is 0. The zero-order valence-corrected chi connectivity index (χ0v) is 10.7. The van der Waals surface area contributed by atoms with Crippen LogP contribution >= 0.6 is 0 Å². The first-order valence-electron chi connectivity index (χ1n) is 6.24. The van der Waals surface area contributed by atoms with Crippen molar-refractivity contribution in [2.75, 3.05) is 11.9 Å². The number of aromatic nitrogens is 1. The van der Waals surface area contributed by atoms with Crippen molar-refractivity contribution in [1.82, 2.24) is 4.98 Å². The van der Waals surface area contributed by atoms with E-state index in [0.717, 1.165) is 30.0 Å². The first kappa shape index (κ1) is 12.6. The molecule has 0 atom stereocenters. The lowest BCUT2D eigenvalue weighted by atomic mass is 10.1. The molecule has 0 fully saturated rings. The standard InChI is InChI=1S/C15H19N3/c1-12-7-8-14(11-16)15(18-12)17-10-9-13-5-3-2-4-6-13/h2-8H,9-11,16H2,1H3,(H,17,18). The first-order valence-corrected chi connectivity index (χ1v) is 6.24. The summed E-state index contributed by atoms with van der Waals surface area (Å²) in [5.74, 6) is 0.911. The molecule has 94 valence electrons. The fourth-order valence-corrected chi connectivity index (χ4v) is 1.87. The van der Waals surface area contributed by atoms with Gasteiger partial charge in [-0.15, -0.1) is 0 Å². The van der Waals surface area contributed by atoms with Crippen molar-refractivity contribution in [3.05, 3.63) is 59.3 Å². The summed E-state index contributed by atoms with van der Waals surface area (Å²) in [5, 5.41) is 3.36. The van der Waals surface area contributed by atoms with E-state index in [1.54, 1.807) is 0 Å². The number of nitrogens with one attached hydrogen (secondary N) is 1. The number of nitrogens with two attached hydrogens (primary N) is 1. The molecule has 3 heteroatoms. The molecule has 0 spiro atoms. The summed E-state index contributed by atoms with van der Waals surface area (Å²) in [6.45, 7) is 3.37. The van der Waals surface area contributed by atoms with E-state index in [9.17, 15) is 0 Å². The molecule has 18 heavy (non-hydrogen) atoms.